The van der Waals surface area contributed by atoms with Gasteiger partial charge in [0.15, 0.2) is 5.82 Å². The summed E-state index contributed by atoms with van der Waals surface area (Å²) in [6.45, 7) is 0. The summed E-state index contributed by atoms with van der Waals surface area (Å²) in [6, 6.07) is 6.96. The normalized spacial score (nSPS) is 10.7. The molecule has 3 aromatic rings. The van der Waals surface area contributed by atoms with E-state index in [1.807, 2.05) is 0 Å². The molecule has 2 heterocycles. The highest BCUT2D eigenvalue weighted by Crippen LogP contribution is 2.23. The molecule has 7 heteroatoms. The zero-order chi connectivity index (χ0) is 15.0. The molecular weight excluding hydrogens is 272 g/mol. The van der Waals surface area contributed by atoms with E-state index in [4.69, 9.17) is 5.73 Å². The van der Waals surface area contributed by atoms with Gasteiger partial charge in [0, 0.05) is 23.2 Å². The van der Waals surface area contributed by atoms with Crippen molar-refractivity contribution in [1.82, 2.24) is 14.8 Å². The average molecular weight is 282 g/mol. The molecule has 104 valence electrons. The van der Waals surface area contributed by atoms with Crippen LogP contribution in [0.15, 0.2) is 42.9 Å². The molecule has 0 spiro atoms. The molecule has 0 aliphatic rings. The summed E-state index contributed by atoms with van der Waals surface area (Å²) in [7, 11) is 0. The third kappa shape index (κ3) is 2.10. The van der Waals surface area contributed by atoms with E-state index in [0.717, 1.165) is 0 Å². The molecule has 7 nitrogen and oxygen atoms in total. The zero-order valence-electron chi connectivity index (χ0n) is 10.7. The number of carboxylic acids is 1. The SMILES string of the molecule is NC(=O)c1cnn(-c2ncc(C(=O)O)c3ccccc23)c1. The van der Waals surface area contributed by atoms with E-state index in [9.17, 15) is 14.7 Å². The minimum absolute atomic E-state index is 0.108. The number of aromatic carboxylic acids is 1. The Morgan fingerprint density at radius 1 is 1.14 bits per heavy atom. The highest BCUT2D eigenvalue weighted by Gasteiger charge is 2.14. The summed E-state index contributed by atoms with van der Waals surface area (Å²) in [6.07, 6.45) is 4.06. The molecule has 0 bridgehead atoms. The summed E-state index contributed by atoms with van der Waals surface area (Å²) in [5, 5.41) is 14.4. The van der Waals surface area contributed by atoms with E-state index in [-0.39, 0.29) is 11.1 Å². The van der Waals surface area contributed by atoms with Crippen molar-refractivity contribution in [2.45, 2.75) is 0 Å². The van der Waals surface area contributed by atoms with Crippen LogP contribution < -0.4 is 5.73 Å². The molecular formula is C14H10N4O3. The van der Waals surface area contributed by atoms with Gasteiger partial charge >= 0.3 is 5.97 Å². The van der Waals surface area contributed by atoms with Crippen LogP contribution in [0.1, 0.15) is 20.7 Å². The number of carbonyl (C=O) groups excluding carboxylic acids is 1. The molecule has 0 unspecified atom stereocenters. The quantitative estimate of drug-likeness (QED) is 0.750. The van der Waals surface area contributed by atoms with Gasteiger partial charge in [-0.3, -0.25) is 4.79 Å². The van der Waals surface area contributed by atoms with Gasteiger partial charge in [-0.05, 0) is 0 Å². The van der Waals surface area contributed by atoms with E-state index < -0.39 is 11.9 Å². The van der Waals surface area contributed by atoms with Crippen LogP contribution in [-0.2, 0) is 0 Å². The Morgan fingerprint density at radius 3 is 2.48 bits per heavy atom. The van der Waals surface area contributed by atoms with Crippen LogP contribution in [0.4, 0.5) is 0 Å². The van der Waals surface area contributed by atoms with Crippen molar-refractivity contribution in [3.8, 4) is 5.82 Å². The highest BCUT2D eigenvalue weighted by molar-refractivity contribution is 6.05. The van der Waals surface area contributed by atoms with Crippen molar-refractivity contribution in [3.05, 3.63) is 54.0 Å². The van der Waals surface area contributed by atoms with E-state index >= 15 is 0 Å². The molecule has 21 heavy (non-hydrogen) atoms. The molecule has 1 amide bonds. The Balaban J connectivity index is 2.26. The van der Waals surface area contributed by atoms with E-state index in [1.54, 1.807) is 24.3 Å². The summed E-state index contributed by atoms with van der Waals surface area (Å²) in [5.74, 6) is -1.21. The number of nitrogens with two attached hydrogens (primary N) is 1. The first-order chi connectivity index (χ1) is 10.1. The molecule has 3 rings (SSSR count). The molecule has 0 atom stereocenters. The Bertz CT molecular complexity index is 870. The number of primary amides is 1. The maximum atomic E-state index is 11.2. The van der Waals surface area contributed by atoms with Crippen LogP contribution in [0, 0.1) is 0 Å². The van der Waals surface area contributed by atoms with Gasteiger partial charge in [0.25, 0.3) is 5.91 Å². The predicted octanol–water partition coefficient (Wildman–Crippen LogP) is 1.22. The van der Waals surface area contributed by atoms with Crippen LogP contribution in [0.3, 0.4) is 0 Å². The van der Waals surface area contributed by atoms with Crippen LogP contribution in [0.5, 0.6) is 0 Å². The van der Waals surface area contributed by atoms with Crippen molar-refractivity contribution < 1.29 is 14.7 Å². The van der Waals surface area contributed by atoms with Gasteiger partial charge < -0.3 is 10.8 Å². The molecule has 0 radical (unpaired) electrons. The molecule has 3 N–H and O–H groups in total. The van der Waals surface area contributed by atoms with Crippen molar-refractivity contribution >= 4 is 22.6 Å². The molecule has 0 fully saturated rings. The largest absolute Gasteiger partial charge is 0.478 e. The molecule has 0 saturated heterocycles. The van der Waals surface area contributed by atoms with Gasteiger partial charge in [0.2, 0.25) is 0 Å². The van der Waals surface area contributed by atoms with Crippen molar-refractivity contribution in [2.24, 2.45) is 5.73 Å². The number of carboxylic acid groups (broad SMARTS) is 1. The van der Waals surface area contributed by atoms with Gasteiger partial charge in [0.05, 0.1) is 17.3 Å². The maximum absolute atomic E-state index is 11.2. The highest BCUT2D eigenvalue weighted by atomic mass is 16.4. The Kier molecular flexibility index (Phi) is 2.87. The smallest absolute Gasteiger partial charge is 0.337 e. The molecule has 0 aliphatic heterocycles. The van der Waals surface area contributed by atoms with Crippen LogP contribution in [-0.4, -0.2) is 31.7 Å². The van der Waals surface area contributed by atoms with Crippen molar-refractivity contribution in [3.63, 3.8) is 0 Å². The van der Waals surface area contributed by atoms with Crippen LogP contribution in [0.25, 0.3) is 16.6 Å². The second kappa shape index (κ2) is 4.71. The van der Waals surface area contributed by atoms with Crippen molar-refractivity contribution in [1.29, 1.82) is 0 Å². The van der Waals surface area contributed by atoms with Crippen molar-refractivity contribution in [2.75, 3.05) is 0 Å². The number of carbonyl (C=O) groups is 2. The lowest BCUT2D eigenvalue weighted by Crippen LogP contribution is -2.09. The fourth-order valence-corrected chi connectivity index (χ4v) is 2.10. The second-order valence-corrected chi connectivity index (χ2v) is 4.38. The Labute approximate surface area is 118 Å². The average Bonchev–Trinajstić information content (AvgIpc) is 2.95. The second-order valence-electron chi connectivity index (χ2n) is 4.38. The monoisotopic (exact) mass is 282 g/mol. The number of rotatable bonds is 3. The van der Waals surface area contributed by atoms with E-state index in [1.165, 1.54) is 23.3 Å². The number of pyridine rings is 1. The lowest BCUT2D eigenvalue weighted by molar-refractivity contribution is 0.0698. The summed E-state index contributed by atoms with van der Waals surface area (Å²) in [5.41, 5.74) is 5.55. The first-order valence-corrected chi connectivity index (χ1v) is 6.04. The summed E-state index contributed by atoms with van der Waals surface area (Å²) >= 11 is 0. The zero-order valence-corrected chi connectivity index (χ0v) is 10.7. The topological polar surface area (TPSA) is 111 Å². The lowest BCUT2D eigenvalue weighted by Gasteiger charge is -2.07. The number of hydrogen-bond donors (Lipinski definition) is 2. The summed E-state index contributed by atoms with van der Waals surface area (Å²) in [4.78, 5) is 26.5. The lowest BCUT2D eigenvalue weighted by atomic mass is 10.1. The molecule has 0 saturated carbocycles. The Morgan fingerprint density at radius 2 is 1.86 bits per heavy atom. The van der Waals surface area contributed by atoms with Gasteiger partial charge in [-0.1, -0.05) is 24.3 Å². The number of amides is 1. The fraction of sp³-hybridized carbons (Fsp3) is 0. The number of benzene rings is 1. The Hall–Kier alpha value is -3.22. The maximum Gasteiger partial charge on any atom is 0.337 e. The van der Waals surface area contributed by atoms with Crippen LogP contribution in [0.2, 0.25) is 0 Å². The molecule has 1 aromatic carbocycles. The fourth-order valence-electron chi connectivity index (χ4n) is 2.10. The van der Waals surface area contributed by atoms with Crippen LogP contribution >= 0.6 is 0 Å². The van der Waals surface area contributed by atoms with Gasteiger partial charge in [-0.25, -0.2) is 14.5 Å². The molecule has 0 aliphatic carbocycles. The number of hydrogen-bond acceptors (Lipinski definition) is 4. The number of aromatic nitrogens is 3. The third-order valence-electron chi connectivity index (χ3n) is 3.09. The summed E-state index contributed by atoms with van der Waals surface area (Å²) < 4.78 is 1.40. The predicted molar refractivity (Wildman–Crippen MR) is 74.3 cm³/mol. The van der Waals surface area contributed by atoms with Gasteiger partial charge in [0.1, 0.15) is 0 Å². The van der Waals surface area contributed by atoms with Gasteiger partial charge in [-0.2, -0.15) is 5.10 Å². The first kappa shape index (κ1) is 12.8. The molecule has 2 aromatic heterocycles. The van der Waals surface area contributed by atoms with E-state index in [2.05, 4.69) is 10.1 Å². The standard InChI is InChI=1S/C14H10N4O3/c15-12(19)8-5-17-18(7-8)13-10-4-2-1-3-9(10)11(6-16-13)14(20)21/h1-7H,(H2,15,19)(H,20,21). The minimum atomic E-state index is -1.05. The number of fused-ring (bicyclic) bond motifs is 1. The van der Waals surface area contributed by atoms with Gasteiger partial charge in [-0.15, -0.1) is 0 Å². The number of nitrogens with zero attached hydrogens (tertiary/aromatic N) is 3. The minimum Gasteiger partial charge on any atom is -0.478 e. The first-order valence-electron chi connectivity index (χ1n) is 6.04. The van der Waals surface area contributed by atoms with E-state index in [0.29, 0.717) is 16.6 Å². The third-order valence-corrected chi connectivity index (χ3v) is 3.09.